The number of rotatable bonds is 6. The molecule has 5 N–H and O–H groups in total. The van der Waals surface area contributed by atoms with Crippen molar-refractivity contribution in [3.63, 3.8) is 0 Å². The van der Waals surface area contributed by atoms with E-state index in [1.165, 1.54) is 16.3 Å². The van der Waals surface area contributed by atoms with Gasteiger partial charge in [0.15, 0.2) is 11.4 Å². The van der Waals surface area contributed by atoms with E-state index in [-0.39, 0.29) is 16.5 Å². The first-order valence-electron chi connectivity index (χ1n) is 12.9. The second kappa shape index (κ2) is 11.0. The van der Waals surface area contributed by atoms with Gasteiger partial charge in [-0.05, 0) is 44.2 Å². The van der Waals surface area contributed by atoms with Crippen molar-refractivity contribution in [1.82, 2.24) is 19.5 Å². The number of nitrogens with two attached hydrogens (primary N) is 1. The number of fused-ring (bicyclic) bond motifs is 1. The predicted octanol–water partition coefficient (Wildman–Crippen LogP) is 3.46. The molecule has 2 aromatic heterocycles. The van der Waals surface area contributed by atoms with Crippen LogP contribution in [0.4, 0.5) is 17.3 Å². The van der Waals surface area contributed by atoms with Gasteiger partial charge in [0.2, 0.25) is 5.88 Å². The highest BCUT2D eigenvalue weighted by molar-refractivity contribution is 7.99. The lowest BCUT2D eigenvalue weighted by Crippen LogP contribution is -2.44. The minimum absolute atomic E-state index is 0.224. The molecule has 1 amide bonds. The Morgan fingerprint density at radius 1 is 1.23 bits per heavy atom. The monoisotopic (exact) mass is 571 g/mol. The Morgan fingerprint density at radius 2 is 2.00 bits per heavy atom. The number of aromatic nitrogens is 4. The largest absolute Gasteiger partial charge is 0.493 e. The standard InChI is InChI=1S/C26H30ClN7O4S/c1-2-26(38)9-12-33(13-10-26)18-14-29-24(21(28)31-18)39-16-7-5-6-15(20(16)27)30-22(35)19-23(36)32-17-8-3-4-11-34(17)25(19)37/h5-7,14,36,38H,2-4,8-13H2,1H3,(H2,28,31)(H,30,35). The van der Waals surface area contributed by atoms with Crippen LogP contribution in [0.5, 0.6) is 5.88 Å². The van der Waals surface area contributed by atoms with Gasteiger partial charge in [0.25, 0.3) is 11.5 Å². The third-order valence-corrected chi connectivity index (χ3v) is 8.92. The molecule has 1 saturated heterocycles. The summed E-state index contributed by atoms with van der Waals surface area (Å²) in [5.41, 5.74) is 4.86. The Hall–Kier alpha value is -3.35. The zero-order valence-electron chi connectivity index (χ0n) is 21.5. The summed E-state index contributed by atoms with van der Waals surface area (Å²) in [6.45, 7) is 3.77. The molecule has 0 radical (unpaired) electrons. The number of hydrogen-bond acceptors (Lipinski definition) is 10. The Labute approximate surface area is 234 Å². The van der Waals surface area contributed by atoms with E-state index >= 15 is 0 Å². The van der Waals surface area contributed by atoms with Crippen LogP contribution in [-0.2, 0) is 13.0 Å². The number of nitrogens with zero attached hydrogens (tertiary/aromatic N) is 5. The normalized spacial score (nSPS) is 16.5. The Bertz CT molecular complexity index is 1470. The van der Waals surface area contributed by atoms with Gasteiger partial charge in [0, 0.05) is 31.0 Å². The number of aromatic hydroxyl groups is 1. The Morgan fingerprint density at radius 3 is 2.72 bits per heavy atom. The summed E-state index contributed by atoms with van der Waals surface area (Å²) in [5, 5.41) is 24.1. The minimum atomic E-state index is -0.796. The molecular formula is C26H30ClN7O4S. The van der Waals surface area contributed by atoms with E-state index in [2.05, 4.69) is 25.2 Å². The number of nitrogens with one attached hydrogen (secondary N) is 1. The molecular weight excluding hydrogens is 542 g/mol. The third-order valence-electron chi connectivity index (χ3n) is 7.33. The van der Waals surface area contributed by atoms with E-state index in [9.17, 15) is 19.8 Å². The summed E-state index contributed by atoms with van der Waals surface area (Å²) < 4.78 is 1.44. The Balaban J connectivity index is 1.32. The fourth-order valence-electron chi connectivity index (χ4n) is 4.85. The van der Waals surface area contributed by atoms with Gasteiger partial charge in [-0.25, -0.2) is 9.97 Å². The quantitative estimate of drug-likeness (QED) is 0.345. The molecule has 13 heteroatoms. The van der Waals surface area contributed by atoms with Crippen molar-refractivity contribution in [2.75, 3.05) is 29.0 Å². The van der Waals surface area contributed by atoms with Crippen LogP contribution in [0.3, 0.4) is 0 Å². The van der Waals surface area contributed by atoms with Gasteiger partial charge in [-0.2, -0.15) is 4.98 Å². The third kappa shape index (κ3) is 5.54. The van der Waals surface area contributed by atoms with Gasteiger partial charge in [0.1, 0.15) is 16.7 Å². The summed E-state index contributed by atoms with van der Waals surface area (Å²) in [5.74, 6) is -0.0351. The minimum Gasteiger partial charge on any atom is -0.493 e. The highest BCUT2D eigenvalue weighted by Gasteiger charge is 2.31. The maximum Gasteiger partial charge on any atom is 0.270 e. The zero-order valence-corrected chi connectivity index (χ0v) is 23.1. The first-order chi connectivity index (χ1) is 18.7. The van der Waals surface area contributed by atoms with Crippen molar-refractivity contribution >= 4 is 46.6 Å². The predicted molar refractivity (Wildman–Crippen MR) is 150 cm³/mol. The number of amides is 1. The van der Waals surface area contributed by atoms with Crippen LogP contribution < -0.4 is 21.5 Å². The molecule has 0 atom stereocenters. The van der Waals surface area contributed by atoms with Crippen molar-refractivity contribution in [2.45, 2.75) is 67.5 Å². The number of anilines is 3. The number of carbonyl (C=O) groups is 1. The SMILES string of the molecule is CCC1(O)CCN(c2cnc(Sc3cccc(NC(=O)c4c(O)nc5n(c4=O)CCCC5)c3Cl)c(N)n2)CC1. The fraction of sp³-hybridized carbons (Fsp3) is 0.423. The molecule has 0 bridgehead atoms. The molecule has 5 rings (SSSR count). The fourth-order valence-corrected chi connectivity index (χ4v) is 5.95. The summed E-state index contributed by atoms with van der Waals surface area (Å²) in [7, 11) is 0. The van der Waals surface area contributed by atoms with Gasteiger partial charge in [-0.15, -0.1) is 0 Å². The number of hydrogen-bond donors (Lipinski definition) is 4. The van der Waals surface area contributed by atoms with Crippen LogP contribution in [0.1, 0.15) is 55.2 Å². The summed E-state index contributed by atoms with van der Waals surface area (Å²) in [6, 6.07) is 5.04. The number of nitrogen functional groups attached to an aromatic ring is 1. The molecule has 2 aliphatic rings. The van der Waals surface area contributed by atoms with Gasteiger partial charge in [-0.1, -0.05) is 36.4 Å². The maximum atomic E-state index is 13.0. The van der Waals surface area contributed by atoms with E-state index in [4.69, 9.17) is 17.3 Å². The summed E-state index contributed by atoms with van der Waals surface area (Å²) in [6.07, 6.45) is 5.92. The second-order valence-corrected chi connectivity index (χ2v) is 11.2. The number of aryl methyl sites for hydroxylation is 1. The van der Waals surface area contributed by atoms with Crippen LogP contribution in [0.25, 0.3) is 0 Å². The second-order valence-electron chi connectivity index (χ2n) is 9.80. The Kier molecular flexibility index (Phi) is 7.70. The van der Waals surface area contributed by atoms with E-state index in [1.807, 2.05) is 6.92 Å². The van der Waals surface area contributed by atoms with Gasteiger partial charge in [-0.3, -0.25) is 14.2 Å². The van der Waals surface area contributed by atoms with Crippen molar-refractivity contribution in [3.8, 4) is 5.88 Å². The number of halogens is 1. The number of piperidine rings is 1. The van der Waals surface area contributed by atoms with Gasteiger partial charge in [0.05, 0.1) is 22.5 Å². The molecule has 0 saturated carbocycles. The molecule has 2 aliphatic heterocycles. The zero-order chi connectivity index (χ0) is 27.7. The topological polar surface area (TPSA) is 159 Å². The van der Waals surface area contributed by atoms with E-state index in [0.29, 0.717) is 66.9 Å². The van der Waals surface area contributed by atoms with Crippen molar-refractivity contribution in [2.24, 2.45) is 0 Å². The molecule has 1 aromatic carbocycles. The molecule has 11 nitrogen and oxygen atoms in total. The molecule has 206 valence electrons. The summed E-state index contributed by atoms with van der Waals surface area (Å²) in [4.78, 5) is 41.6. The number of carbonyl (C=O) groups excluding carboxylic acids is 1. The smallest absolute Gasteiger partial charge is 0.270 e. The average molecular weight is 572 g/mol. The van der Waals surface area contributed by atoms with E-state index in [1.54, 1.807) is 24.4 Å². The molecule has 0 unspecified atom stereocenters. The van der Waals surface area contributed by atoms with E-state index < -0.39 is 28.5 Å². The van der Waals surface area contributed by atoms with Crippen molar-refractivity contribution in [3.05, 3.63) is 51.2 Å². The van der Waals surface area contributed by atoms with Gasteiger partial charge < -0.3 is 26.2 Å². The summed E-state index contributed by atoms with van der Waals surface area (Å²) >= 11 is 7.81. The average Bonchev–Trinajstić information content (AvgIpc) is 2.92. The molecule has 4 heterocycles. The van der Waals surface area contributed by atoms with Crippen LogP contribution in [0, 0.1) is 0 Å². The molecule has 39 heavy (non-hydrogen) atoms. The highest BCUT2D eigenvalue weighted by atomic mass is 35.5. The number of benzene rings is 1. The van der Waals surface area contributed by atoms with Crippen LogP contribution in [0.2, 0.25) is 5.02 Å². The van der Waals surface area contributed by atoms with Crippen LogP contribution in [-0.4, -0.2) is 54.3 Å². The molecule has 1 fully saturated rings. The molecule has 0 aliphatic carbocycles. The van der Waals surface area contributed by atoms with Crippen LogP contribution >= 0.6 is 23.4 Å². The maximum absolute atomic E-state index is 13.0. The van der Waals surface area contributed by atoms with Crippen molar-refractivity contribution in [1.29, 1.82) is 0 Å². The first kappa shape index (κ1) is 27.2. The van der Waals surface area contributed by atoms with Crippen LogP contribution in [0.15, 0.2) is 39.1 Å². The van der Waals surface area contributed by atoms with Crippen molar-refractivity contribution < 1.29 is 15.0 Å². The first-order valence-corrected chi connectivity index (χ1v) is 14.1. The number of aliphatic hydroxyl groups is 1. The molecule has 0 spiro atoms. The van der Waals surface area contributed by atoms with Gasteiger partial charge >= 0.3 is 0 Å². The highest BCUT2D eigenvalue weighted by Crippen LogP contribution is 2.39. The van der Waals surface area contributed by atoms with E-state index in [0.717, 1.165) is 12.8 Å². The lowest BCUT2D eigenvalue weighted by atomic mass is 9.89. The lowest BCUT2D eigenvalue weighted by molar-refractivity contribution is 0.0124. The molecule has 3 aromatic rings. The lowest BCUT2D eigenvalue weighted by Gasteiger charge is -2.38.